The van der Waals surface area contributed by atoms with Crippen LogP contribution < -0.4 is 5.32 Å². The fraction of sp³-hybridized carbons (Fsp3) is 0.0909. The van der Waals surface area contributed by atoms with Gasteiger partial charge in [-0.05, 0) is 35.4 Å². The fourth-order valence-electron chi connectivity index (χ4n) is 1.31. The van der Waals surface area contributed by atoms with E-state index < -0.39 is 5.82 Å². The van der Waals surface area contributed by atoms with E-state index in [2.05, 4.69) is 15.3 Å². The minimum atomic E-state index is -0.433. The Kier molecular flexibility index (Phi) is 3.51. The van der Waals surface area contributed by atoms with Gasteiger partial charge in [-0.2, -0.15) is 0 Å². The summed E-state index contributed by atoms with van der Waals surface area (Å²) in [4.78, 5) is 7.60. The molecule has 2 aromatic rings. The molecule has 0 fully saturated rings. The van der Waals surface area contributed by atoms with Gasteiger partial charge in [0.15, 0.2) is 0 Å². The first kappa shape index (κ1) is 11.8. The molecule has 0 amide bonds. The average molecular weight is 254 g/mol. The molecule has 17 heavy (non-hydrogen) atoms. The van der Waals surface area contributed by atoms with E-state index in [9.17, 15) is 4.39 Å². The predicted octanol–water partition coefficient (Wildman–Crippen LogP) is 2.50. The second-order valence-corrected chi connectivity index (χ2v) is 3.65. The van der Waals surface area contributed by atoms with Gasteiger partial charge in [-0.15, -0.1) is 0 Å². The lowest BCUT2D eigenvalue weighted by Crippen LogP contribution is -1.98. The molecule has 0 bridgehead atoms. The molecule has 88 valence electrons. The van der Waals surface area contributed by atoms with Crippen molar-refractivity contribution in [3.63, 3.8) is 0 Å². The van der Waals surface area contributed by atoms with E-state index in [4.69, 9.17) is 16.7 Å². The van der Waals surface area contributed by atoms with Crippen LogP contribution in [0.5, 0.6) is 0 Å². The largest absolute Gasteiger partial charge is 0.392 e. The van der Waals surface area contributed by atoms with E-state index in [0.717, 1.165) is 0 Å². The number of aliphatic hydroxyl groups excluding tert-OH is 1. The number of hydrogen-bond donors (Lipinski definition) is 2. The SMILES string of the molecule is OCc1ccc(F)c(Nc2ccnc(Cl)n2)c1. The molecule has 0 radical (unpaired) electrons. The fourth-order valence-corrected chi connectivity index (χ4v) is 1.46. The molecule has 0 unspecified atom stereocenters. The Labute approximate surface area is 102 Å². The summed E-state index contributed by atoms with van der Waals surface area (Å²) in [6.45, 7) is -0.153. The standard InChI is InChI=1S/C11H9ClFN3O/c12-11-14-4-3-10(16-11)15-9-5-7(6-17)1-2-8(9)13/h1-5,17H,6H2,(H,14,15,16). The van der Waals surface area contributed by atoms with Crippen LogP contribution in [-0.2, 0) is 6.61 Å². The number of anilines is 2. The maximum atomic E-state index is 13.5. The average Bonchev–Trinajstić information content (AvgIpc) is 2.32. The van der Waals surface area contributed by atoms with Crippen molar-refractivity contribution in [3.05, 3.63) is 47.1 Å². The molecule has 0 aliphatic heterocycles. The number of rotatable bonds is 3. The van der Waals surface area contributed by atoms with Crippen LogP contribution in [0.4, 0.5) is 15.9 Å². The molecule has 2 rings (SSSR count). The third-order valence-corrected chi connectivity index (χ3v) is 2.28. The maximum absolute atomic E-state index is 13.5. The summed E-state index contributed by atoms with van der Waals surface area (Å²) in [5.74, 6) is -0.0454. The van der Waals surface area contributed by atoms with E-state index >= 15 is 0 Å². The Balaban J connectivity index is 2.29. The molecule has 1 aromatic heterocycles. The highest BCUT2D eigenvalue weighted by Gasteiger charge is 2.05. The predicted molar refractivity (Wildman–Crippen MR) is 62.6 cm³/mol. The third kappa shape index (κ3) is 2.89. The van der Waals surface area contributed by atoms with Crippen LogP contribution in [0.25, 0.3) is 0 Å². The molecule has 4 nitrogen and oxygen atoms in total. The number of benzene rings is 1. The van der Waals surface area contributed by atoms with Crippen LogP contribution in [0.15, 0.2) is 30.5 Å². The lowest BCUT2D eigenvalue weighted by Gasteiger charge is -2.08. The highest BCUT2D eigenvalue weighted by molar-refractivity contribution is 6.28. The normalized spacial score (nSPS) is 10.3. The van der Waals surface area contributed by atoms with Crippen LogP contribution in [0.2, 0.25) is 5.28 Å². The topological polar surface area (TPSA) is 58.0 Å². The summed E-state index contributed by atoms with van der Waals surface area (Å²) >= 11 is 5.61. The lowest BCUT2D eigenvalue weighted by molar-refractivity contribution is 0.282. The molecular formula is C11H9ClFN3O. The molecule has 2 N–H and O–H groups in total. The molecule has 0 spiro atoms. The van der Waals surface area contributed by atoms with Crippen molar-refractivity contribution in [2.75, 3.05) is 5.32 Å². The molecule has 1 heterocycles. The maximum Gasteiger partial charge on any atom is 0.224 e. The summed E-state index contributed by atoms with van der Waals surface area (Å²) < 4.78 is 13.5. The van der Waals surface area contributed by atoms with E-state index in [-0.39, 0.29) is 17.6 Å². The van der Waals surface area contributed by atoms with Gasteiger partial charge in [-0.3, -0.25) is 0 Å². The van der Waals surface area contributed by atoms with Gasteiger partial charge in [0, 0.05) is 6.20 Å². The van der Waals surface area contributed by atoms with E-state index in [1.807, 2.05) is 0 Å². The van der Waals surface area contributed by atoms with E-state index in [1.165, 1.54) is 24.4 Å². The molecule has 1 aromatic carbocycles. The summed E-state index contributed by atoms with van der Waals surface area (Å²) in [5, 5.41) is 11.8. The Bertz CT molecular complexity index is 536. The number of nitrogens with zero attached hydrogens (tertiary/aromatic N) is 2. The Morgan fingerprint density at radius 1 is 1.35 bits per heavy atom. The zero-order valence-corrected chi connectivity index (χ0v) is 9.45. The first-order chi connectivity index (χ1) is 8.19. The monoisotopic (exact) mass is 253 g/mol. The van der Waals surface area contributed by atoms with Crippen molar-refractivity contribution in [1.82, 2.24) is 9.97 Å². The second kappa shape index (κ2) is 5.07. The molecule has 0 saturated heterocycles. The van der Waals surface area contributed by atoms with E-state index in [0.29, 0.717) is 11.4 Å². The minimum Gasteiger partial charge on any atom is -0.392 e. The van der Waals surface area contributed by atoms with Crippen LogP contribution in [0.1, 0.15) is 5.56 Å². The van der Waals surface area contributed by atoms with Gasteiger partial charge >= 0.3 is 0 Å². The first-order valence-corrected chi connectivity index (χ1v) is 5.21. The lowest BCUT2D eigenvalue weighted by atomic mass is 10.2. The van der Waals surface area contributed by atoms with Crippen molar-refractivity contribution >= 4 is 23.1 Å². The summed E-state index contributed by atoms with van der Waals surface area (Å²) in [7, 11) is 0. The molecule has 6 heteroatoms. The highest BCUT2D eigenvalue weighted by atomic mass is 35.5. The van der Waals surface area contributed by atoms with E-state index in [1.54, 1.807) is 6.07 Å². The van der Waals surface area contributed by atoms with Gasteiger partial charge in [0.2, 0.25) is 5.28 Å². The van der Waals surface area contributed by atoms with Gasteiger partial charge in [0.05, 0.1) is 12.3 Å². The Morgan fingerprint density at radius 2 is 2.18 bits per heavy atom. The highest BCUT2D eigenvalue weighted by Crippen LogP contribution is 2.20. The van der Waals surface area contributed by atoms with Gasteiger partial charge in [-0.25, -0.2) is 14.4 Å². The van der Waals surface area contributed by atoms with Gasteiger partial charge in [0.1, 0.15) is 11.6 Å². The van der Waals surface area contributed by atoms with Gasteiger partial charge < -0.3 is 10.4 Å². The van der Waals surface area contributed by atoms with Crippen molar-refractivity contribution in [2.24, 2.45) is 0 Å². The van der Waals surface area contributed by atoms with Crippen LogP contribution >= 0.6 is 11.6 Å². The zero-order chi connectivity index (χ0) is 12.3. The number of aromatic nitrogens is 2. The zero-order valence-electron chi connectivity index (χ0n) is 8.69. The van der Waals surface area contributed by atoms with Crippen LogP contribution in [0, 0.1) is 5.82 Å². The third-order valence-electron chi connectivity index (χ3n) is 2.10. The number of hydrogen-bond acceptors (Lipinski definition) is 4. The minimum absolute atomic E-state index is 0.0775. The molecule has 0 aliphatic carbocycles. The molecule has 0 saturated carbocycles. The van der Waals surface area contributed by atoms with Crippen molar-refractivity contribution in [2.45, 2.75) is 6.61 Å². The van der Waals surface area contributed by atoms with Crippen molar-refractivity contribution in [3.8, 4) is 0 Å². The smallest absolute Gasteiger partial charge is 0.224 e. The van der Waals surface area contributed by atoms with Crippen LogP contribution in [0.3, 0.4) is 0 Å². The summed E-state index contributed by atoms with van der Waals surface area (Å²) in [6.07, 6.45) is 1.46. The number of halogens is 2. The molecule has 0 atom stereocenters. The van der Waals surface area contributed by atoms with Gasteiger partial charge in [0.25, 0.3) is 0 Å². The number of aliphatic hydroxyl groups is 1. The molecule has 0 aliphatic rings. The van der Waals surface area contributed by atoms with Crippen molar-refractivity contribution < 1.29 is 9.50 Å². The van der Waals surface area contributed by atoms with Crippen molar-refractivity contribution in [1.29, 1.82) is 0 Å². The van der Waals surface area contributed by atoms with Crippen LogP contribution in [-0.4, -0.2) is 15.1 Å². The summed E-state index contributed by atoms with van der Waals surface area (Å²) in [6, 6.07) is 5.85. The number of nitrogens with one attached hydrogen (secondary N) is 1. The Hall–Kier alpha value is -1.72. The van der Waals surface area contributed by atoms with Gasteiger partial charge in [-0.1, -0.05) is 6.07 Å². The second-order valence-electron chi connectivity index (χ2n) is 3.31. The molecular weight excluding hydrogens is 245 g/mol. The summed E-state index contributed by atoms with van der Waals surface area (Å²) in [5.41, 5.74) is 0.834. The quantitative estimate of drug-likeness (QED) is 0.826. The first-order valence-electron chi connectivity index (χ1n) is 4.84. The Morgan fingerprint density at radius 3 is 2.88 bits per heavy atom.